The molecule has 0 radical (unpaired) electrons. The van der Waals surface area contributed by atoms with E-state index in [0.717, 1.165) is 55.8 Å². The summed E-state index contributed by atoms with van der Waals surface area (Å²) in [6.07, 6.45) is 3.41. The number of rotatable bonds is 13. The fourth-order valence-electron chi connectivity index (χ4n) is 5.80. The van der Waals surface area contributed by atoms with E-state index < -0.39 is 5.60 Å². The Bertz CT molecular complexity index is 1330. The Morgan fingerprint density at radius 3 is 2.18 bits per heavy atom. The molecule has 1 heterocycles. The lowest BCUT2D eigenvalue weighted by Crippen LogP contribution is -2.47. The second-order valence-electron chi connectivity index (χ2n) is 13.0. The van der Waals surface area contributed by atoms with E-state index in [1.165, 1.54) is 5.56 Å². The molecule has 0 aliphatic carbocycles. The van der Waals surface area contributed by atoms with Crippen LogP contribution >= 0.6 is 0 Å². The maximum atomic E-state index is 13.3. The van der Waals surface area contributed by atoms with Crippen LogP contribution in [0.15, 0.2) is 84.9 Å². The van der Waals surface area contributed by atoms with Gasteiger partial charge in [0.25, 0.3) is 0 Å². The summed E-state index contributed by atoms with van der Waals surface area (Å²) in [5, 5.41) is 0. The summed E-state index contributed by atoms with van der Waals surface area (Å²) >= 11 is 0. The molecule has 1 atom stereocenters. The van der Waals surface area contributed by atoms with Crippen molar-refractivity contribution in [3.8, 4) is 5.75 Å². The van der Waals surface area contributed by atoms with Crippen molar-refractivity contribution in [2.24, 2.45) is 0 Å². The van der Waals surface area contributed by atoms with Gasteiger partial charge in [0, 0.05) is 64.2 Å². The van der Waals surface area contributed by atoms with E-state index in [9.17, 15) is 9.59 Å². The Morgan fingerprint density at radius 2 is 1.53 bits per heavy atom. The highest BCUT2D eigenvalue weighted by molar-refractivity contribution is 5.76. The molecule has 45 heavy (non-hydrogen) atoms. The van der Waals surface area contributed by atoms with Crippen molar-refractivity contribution in [2.75, 3.05) is 33.2 Å². The third kappa shape index (κ3) is 10.6. The van der Waals surface area contributed by atoms with Gasteiger partial charge in [-0.15, -0.1) is 0 Å². The van der Waals surface area contributed by atoms with E-state index in [-0.39, 0.29) is 24.1 Å². The molecule has 1 aliphatic heterocycles. The zero-order chi connectivity index (χ0) is 32.2. The van der Waals surface area contributed by atoms with Gasteiger partial charge in [-0.1, -0.05) is 85.8 Å². The molecule has 0 spiro atoms. The fourth-order valence-corrected chi connectivity index (χ4v) is 5.80. The first-order chi connectivity index (χ1) is 21.6. The molecule has 3 aromatic carbocycles. The highest BCUT2D eigenvalue weighted by atomic mass is 16.6. The Hall–Kier alpha value is -3.84. The monoisotopic (exact) mass is 613 g/mol. The number of ether oxygens (including phenoxy) is 2. The largest absolute Gasteiger partial charge is 0.485 e. The van der Waals surface area contributed by atoms with Crippen molar-refractivity contribution in [1.29, 1.82) is 0 Å². The molecule has 1 aliphatic rings. The number of hydrogen-bond donors (Lipinski definition) is 0. The number of hydrogen-bond acceptors (Lipinski definition) is 5. The summed E-state index contributed by atoms with van der Waals surface area (Å²) in [6.45, 7) is 11.6. The van der Waals surface area contributed by atoms with Gasteiger partial charge in [0.2, 0.25) is 5.91 Å². The molecule has 7 heteroatoms. The number of benzene rings is 3. The molecular formula is C38H51N3O4. The summed E-state index contributed by atoms with van der Waals surface area (Å²) in [4.78, 5) is 32.2. The van der Waals surface area contributed by atoms with Crippen LogP contribution in [0.4, 0.5) is 4.79 Å². The van der Waals surface area contributed by atoms with Gasteiger partial charge in [-0.25, -0.2) is 4.79 Å². The molecule has 1 fully saturated rings. The maximum Gasteiger partial charge on any atom is 0.410 e. The van der Waals surface area contributed by atoms with Crippen molar-refractivity contribution < 1.29 is 19.1 Å². The van der Waals surface area contributed by atoms with Crippen molar-refractivity contribution in [3.05, 3.63) is 102 Å². The lowest BCUT2D eigenvalue weighted by molar-refractivity contribution is -0.135. The van der Waals surface area contributed by atoms with Gasteiger partial charge in [0.1, 0.15) is 17.5 Å². The molecule has 2 amide bonds. The van der Waals surface area contributed by atoms with Crippen LogP contribution in [0.25, 0.3) is 0 Å². The van der Waals surface area contributed by atoms with Crippen LogP contribution in [-0.4, -0.2) is 71.6 Å². The lowest BCUT2D eigenvalue weighted by atomic mass is 10.0. The summed E-state index contributed by atoms with van der Waals surface area (Å²) in [6, 6.07) is 29.0. The normalized spacial score (nSPS) is 14.9. The van der Waals surface area contributed by atoms with Crippen LogP contribution < -0.4 is 4.74 Å². The molecule has 4 rings (SSSR count). The minimum absolute atomic E-state index is 0.172. The second-order valence-corrected chi connectivity index (χ2v) is 13.0. The number of carbonyl (C=O) groups excluding carboxylic acids is 2. The SMILES string of the molecule is CCC(=O)N(Cc1ccccc1OC(CCN(C)C(=O)OC(C)(C)C)c1ccccc1)C1CCN(CCc2ccccc2)CC1. The first-order valence-corrected chi connectivity index (χ1v) is 16.4. The van der Waals surface area contributed by atoms with Gasteiger partial charge < -0.3 is 24.2 Å². The van der Waals surface area contributed by atoms with E-state index in [2.05, 4.69) is 58.3 Å². The number of piperidine rings is 1. The van der Waals surface area contributed by atoms with Gasteiger partial charge >= 0.3 is 6.09 Å². The van der Waals surface area contributed by atoms with Crippen LogP contribution in [0.5, 0.6) is 5.75 Å². The lowest BCUT2D eigenvalue weighted by Gasteiger charge is -2.39. The van der Waals surface area contributed by atoms with Gasteiger partial charge in [0.15, 0.2) is 0 Å². The molecule has 0 bridgehead atoms. The molecular weight excluding hydrogens is 562 g/mol. The van der Waals surface area contributed by atoms with Crippen molar-refractivity contribution in [3.63, 3.8) is 0 Å². The van der Waals surface area contributed by atoms with Crippen LogP contribution in [0, 0.1) is 0 Å². The quantitative estimate of drug-likeness (QED) is 0.200. The van der Waals surface area contributed by atoms with Gasteiger partial charge in [-0.05, 0) is 57.2 Å². The van der Waals surface area contributed by atoms with Crippen LogP contribution in [0.1, 0.15) is 76.2 Å². The van der Waals surface area contributed by atoms with E-state index >= 15 is 0 Å². The Labute approximate surface area is 270 Å². The molecule has 0 saturated carbocycles. The first kappa shape index (κ1) is 34.0. The number of para-hydroxylation sites is 1. The summed E-state index contributed by atoms with van der Waals surface area (Å²) < 4.78 is 12.3. The first-order valence-electron chi connectivity index (χ1n) is 16.4. The average molecular weight is 614 g/mol. The third-order valence-corrected chi connectivity index (χ3v) is 8.37. The van der Waals surface area contributed by atoms with E-state index in [0.29, 0.717) is 25.9 Å². The zero-order valence-electron chi connectivity index (χ0n) is 27.8. The number of likely N-dealkylation sites (tertiary alicyclic amines) is 1. The topological polar surface area (TPSA) is 62.3 Å². The molecule has 0 N–H and O–H groups in total. The molecule has 1 saturated heterocycles. The van der Waals surface area contributed by atoms with Gasteiger partial charge in [-0.3, -0.25) is 4.79 Å². The Morgan fingerprint density at radius 1 is 0.911 bits per heavy atom. The summed E-state index contributed by atoms with van der Waals surface area (Å²) in [5.74, 6) is 0.937. The molecule has 1 unspecified atom stereocenters. The molecule has 242 valence electrons. The minimum atomic E-state index is -0.555. The average Bonchev–Trinajstić information content (AvgIpc) is 3.05. The second kappa shape index (κ2) is 16.5. The predicted octanol–water partition coefficient (Wildman–Crippen LogP) is 7.51. The number of nitrogens with zero attached hydrogens (tertiary/aromatic N) is 3. The van der Waals surface area contributed by atoms with Crippen LogP contribution in [-0.2, 0) is 22.5 Å². The van der Waals surface area contributed by atoms with Gasteiger partial charge in [0.05, 0.1) is 0 Å². The highest BCUT2D eigenvalue weighted by Gasteiger charge is 2.29. The third-order valence-electron chi connectivity index (χ3n) is 8.37. The van der Waals surface area contributed by atoms with Crippen LogP contribution in [0.2, 0.25) is 0 Å². The molecule has 0 aromatic heterocycles. The highest BCUT2D eigenvalue weighted by Crippen LogP contribution is 2.30. The zero-order valence-corrected chi connectivity index (χ0v) is 27.8. The van der Waals surface area contributed by atoms with E-state index in [1.807, 2.05) is 64.1 Å². The van der Waals surface area contributed by atoms with Gasteiger partial charge in [-0.2, -0.15) is 0 Å². The minimum Gasteiger partial charge on any atom is -0.485 e. The Balaban J connectivity index is 1.43. The fraction of sp³-hybridized carbons (Fsp3) is 0.474. The van der Waals surface area contributed by atoms with Crippen LogP contribution in [0.3, 0.4) is 0 Å². The molecule has 3 aromatic rings. The van der Waals surface area contributed by atoms with E-state index in [1.54, 1.807) is 11.9 Å². The molecule has 7 nitrogen and oxygen atoms in total. The Kier molecular flexibility index (Phi) is 12.5. The van der Waals surface area contributed by atoms with Crippen molar-refractivity contribution in [1.82, 2.24) is 14.7 Å². The number of amides is 2. The van der Waals surface area contributed by atoms with Crippen molar-refractivity contribution in [2.45, 2.75) is 84.1 Å². The standard InChI is InChI=1S/C38H51N3O4/c1-6-36(42)41(33-22-27-40(28-23-33)26-21-30-15-9-7-10-16-30)29-32-19-13-14-20-34(32)44-35(31-17-11-8-12-18-31)24-25-39(5)37(43)45-38(2,3)4/h7-20,33,35H,6,21-29H2,1-5H3. The van der Waals surface area contributed by atoms with E-state index in [4.69, 9.17) is 9.47 Å². The number of carbonyl (C=O) groups is 2. The van der Waals surface area contributed by atoms with Crippen molar-refractivity contribution >= 4 is 12.0 Å². The smallest absolute Gasteiger partial charge is 0.410 e. The maximum absolute atomic E-state index is 13.3. The summed E-state index contributed by atoms with van der Waals surface area (Å²) in [5.41, 5.74) is 2.84. The summed E-state index contributed by atoms with van der Waals surface area (Å²) in [7, 11) is 1.76. The predicted molar refractivity (Wildman–Crippen MR) is 180 cm³/mol.